The van der Waals surface area contributed by atoms with Gasteiger partial charge in [0.1, 0.15) is 0 Å². The van der Waals surface area contributed by atoms with Crippen molar-refractivity contribution in [2.45, 2.75) is 12.7 Å². The molecule has 2 aromatic rings. The first-order valence-corrected chi connectivity index (χ1v) is 8.13. The fourth-order valence-electron chi connectivity index (χ4n) is 3.83. The Balaban J connectivity index is 0.00000182. The number of halogens is 4. The largest absolute Gasteiger partial charge is 0.416 e. The molecule has 0 saturated carbocycles. The van der Waals surface area contributed by atoms with Crippen LogP contribution in [0.25, 0.3) is 11.3 Å². The minimum Gasteiger partial charge on any atom is -0.316 e. The lowest BCUT2D eigenvalue weighted by Gasteiger charge is -2.17. The number of hydrogen-bond donors (Lipinski definition) is 2. The van der Waals surface area contributed by atoms with E-state index < -0.39 is 11.7 Å². The van der Waals surface area contributed by atoms with Gasteiger partial charge in [0.25, 0.3) is 0 Å². The van der Waals surface area contributed by atoms with Gasteiger partial charge in [-0.1, -0.05) is 12.1 Å². The molecule has 2 saturated heterocycles. The van der Waals surface area contributed by atoms with Crippen LogP contribution < -0.4 is 5.32 Å². The van der Waals surface area contributed by atoms with Gasteiger partial charge >= 0.3 is 6.18 Å². The van der Waals surface area contributed by atoms with E-state index in [0.717, 1.165) is 61.7 Å². The zero-order valence-corrected chi connectivity index (χ0v) is 14.3. The number of rotatable bonds is 3. The van der Waals surface area contributed by atoms with E-state index in [1.807, 2.05) is 0 Å². The van der Waals surface area contributed by atoms with Crippen molar-refractivity contribution in [1.29, 1.82) is 0 Å². The van der Waals surface area contributed by atoms with Crippen LogP contribution in [0, 0.1) is 11.8 Å². The molecule has 2 aliphatic rings. The van der Waals surface area contributed by atoms with Gasteiger partial charge in [-0.05, 0) is 42.6 Å². The van der Waals surface area contributed by atoms with Crippen molar-refractivity contribution in [3.05, 3.63) is 41.6 Å². The standard InChI is InChI=1S/C17H19F3N4.ClH/c18-17(19,20)15-3-1-11(2-4-15)16-14(7-22-23-16)10-24-8-12-5-21-6-13(12)9-24;/h1-4,7,12-13,21H,5-6,8-10H2,(H,22,23);1H/t12-,13+;. The van der Waals surface area contributed by atoms with E-state index in [1.54, 1.807) is 6.20 Å². The number of aromatic nitrogens is 2. The number of fused-ring (bicyclic) bond motifs is 1. The van der Waals surface area contributed by atoms with E-state index in [0.29, 0.717) is 11.8 Å². The van der Waals surface area contributed by atoms with Crippen molar-refractivity contribution < 1.29 is 13.2 Å². The van der Waals surface area contributed by atoms with Crippen LogP contribution in [0.1, 0.15) is 11.1 Å². The van der Waals surface area contributed by atoms with Crippen LogP contribution in [0.15, 0.2) is 30.5 Å². The van der Waals surface area contributed by atoms with Gasteiger partial charge in [0, 0.05) is 25.2 Å². The van der Waals surface area contributed by atoms with Crippen LogP contribution in [0.4, 0.5) is 13.2 Å². The zero-order chi connectivity index (χ0) is 16.7. The highest BCUT2D eigenvalue weighted by Crippen LogP contribution is 2.32. The fourth-order valence-corrected chi connectivity index (χ4v) is 3.83. The molecule has 2 N–H and O–H groups in total. The molecular weight excluding hydrogens is 353 g/mol. The summed E-state index contributed by atoms with van der Waals surface area (Å²) in [6, 6.07) is 5.24. The molecule has 0 unspecified atom stereocenters. The second kappa shape index (κ2) is 6.97. The average molecular weight is 373 g/mol. The summed E-state index contributed by atoms with van der Waals surface area (Å²) in [6.07, 6.45) is -2.53. The van der Waals surface area contributed by atoms with Gasteiger partial charge < -0.3 is 5.32 Å². The fraction of sp³-hybridized carbons (Fsp3) is 0.471. The van der Waals surface area contributed by atoms with Gasteiger partial charge in [0.2, 0.25) is 0 Å². The summed E-state index contributed by atoms with van der Waals surface area (Å²) in [5.41, 5.74) is 1.94. The molecule has 8 heteroatoms. The second-order valence-electron chi connectivity index (χ2n) is 6.72. The predicted octanol–water partition coefficient (Wildman–Crippen LogP) is 3.17. The summed E-state index contributed by atoms with van der Waals surface area (Å²) < 4.78 is 38.1. The smallest absolute Gasteiger partial charge is 0.316 e. The highest BCUT2D eigenvalue weighted by atomic mass is 35.5. The lowest BCUT2D eigenvalue weighted by Crippen LogP contribution is -2.25. The van der Waals surface area contributed by atoms with E-state index >= 15 is 0 Å². The van der Waals surface area contributed by atoms with E-state index in [4.69, 9.17) is 0 Å². The van der Waals surface area contributed by atoms with Crippen LogP contribution in [0.3, 0.4) is 0 Å². The molecule has 4 nitrogen and oxygen atoms in total. The number of aromatic amines is 1. The molecule has 0 aliphatic carbocycles. The highest BCUT2D eigenvalue weighted by Gasteiger charge is 2.36. The lowest BCUT2D eigenvalue weighted by atomic mass is 10.0. The minimum absolute atomic E-state index is 0. The van der Waals surface area contributed by atoms with Crippen LogP contribution in [-0.2, 0) is 12.7 Å². The number of nitrogens with one attached hydrogen (secondary N) is 2. The molecule has 2 aliphatic heterocycles. The molecular formula is C17H20ClF3N4. The number of nitrogens with zero attached hydrogens (tertiary/aromatic N) is 2. The number of alkyl halides is 3. The van der Waals surface area contributed by atoms with Gasteiger partial charge in [-0.25, -0.2) is 0 Å². The zero-order valence-electron chi connectivity index (χ0n) is 13.5. The van der Waals surface area contributed by atoms with E-state index in [2.05, 4.69) is 20.4 Å². The Bertz CT molecular complexity index is 701. The maximum absolute atomic E-state index is 12.7. The molecule has 4 rings (SSSR count). The van der Waals surface area contributed by atoms with Crippen LogP contribution in [-0.4, -0.2) is 41.3 Å². The third-order valence-electron chi connectivity index (χ3n) is 5.08. The molecule has 2 atom stereocenters. The maximum Gasteiger partial charge on any atom is 0.416 e. The van der Waals surface area contributed by atoms with E-state index in [1.165, 1.54) is 12.1 Å². The van der Waals surface area contributed by atoms with Gasteiger partial charge in [-0.2, -0.15) is 18.3 Å². The summed E-state index contributed by atoms with van der Waals surface area (Å²) in [7, 11) is 0. The Morgan fingerprint density at radius 2 is 1.72 bits per heavy atom. The summed E-state index contributed by atoms with van der Waals surface area (Å²) in [5.74, 6) is 1.43. The molecule has 2 fully saturated rings. The van der Waals surface area contributed by atoms with Crippen molar-refractivity contribution in [3.8, 4) is 11.3 Å². The Morgan fingerprint density at radius 3 is 2.32 bits per heavy atom. The normalized spacial score (nSPS) is 23.5. The summed E-state index contributed by atoms with van der Waals surface area (Å²) in [5, 5.41) is 10.5. The van der Waals surface area contributed by atoms with Crippen molar-refractivity contribution in [3.63, 3.8) is 0 Å². The van der Waals surface area contributed by atoms with Crippen molar-refractivity contribution in [2.75, 3.05) is 26.2 Å². The molecule has 0 spiro atoms. The molecule has 25 heavy (non-hydrogen) atoms. The van der Waals surface area contributed by atoms with Gasteiger partial charge in [-0.3, -0.25) is 10.00 Å². The quantitative estimate of drug-likeness (QED) is 0.869. The number of H-pyrrole nitrogens is 1. The molecule has 1 aromatic heterocycles. The number of hydrogen-bond acceptors (Lipinski definition) is 3. The maximum atomic E-state index is 12.7. The molecule has 0 radical (unpaired) electrons. The van der Waals surface area contributed by atoms with Gasteiger partial charge in [0.05, 0.1) is 17.5 Å². The van der Waals surface area contributed by atoms with Crippen molar-refractivity contribution >= 4 is 12.4 Å². The highest BCUT2D eigenvalue weighted by molar-refractivity contribution is 5.85. The topological polar surface area (TPSA) is 44.0 Å². The van der Waals surface area contributed by atoms with Crippen LogP contribution >= 0.6 is 12.4 Å². The molecule has 3 heterocycles. The predicted molar refractivity (Wildman–Crippen MR) is 91.4 cm³/mol. The second-order valence-corrected chi connectivity index (χ2v) is 6.72. The van der Waals surface area contributed by atoms with Gasteiger partial charge in [0.15, 0.2) is 0 Å². The summed E-state index contributed by atoms with van der Waals surface area (Å²) >= 11 is 0. The first kappa shape index (κ1) is 18.2. The Labute approximate surface area is 150 Å². The van der Waals surface area contributed by atoms with Crippen LogP contribution in [0.5, 0.6) is 0 Å². The monoisotopic (exact) mass is 372 g/mol. The third kappa shape index (κ3) is 3.68. The van der Waals surface area contributed by atoms with Crippen molar-refractivity contribution in [1.82, 2.24) is 20.4 Å². The first-order valence-electron chi connectivity index (χ1n) is 8.13. The molecule has 0 amide bonds. The summed E-state index contributed by atoms with van der Waals surface area (Å²) in [4.78, 5) is 2.41. The molecule has 0 bridgehead atoms. The Morgan fingerprint density at radius 1 is 1.08 bits per heavy atom. The van der Waals surface area contributed by atoms with E-state index in [-0.39, 0.29) is 12.4 Å². The minimum atomic E-state index is -4.31. The van der Waals surface area contributed by atoms with Crippen LogP contribution in [0.2, 0.25) is 0 Å². The van der Waals surface area contributed by atoms with E-state index in [9.17, 15) is 13.2 Å². The van der Waals surface area contributed by atoms with Crippen molar-refractivity contribution in [2.24, 2.45) is 11.8 Å². The average Bonchev–Trinajstić information content (AvgIpc) is 3.22. The number of benzene rings is 1. The lowest BCUT2D eigenvalue weighted by molar-refractivity contribution is -0.137. The number of likely N-dealkylation sites (tertiary alicyclic amines) is 1. The third-order valence-corrected chi connectivity index (χ3v) is 5.08. The summed E-state index contributed by atoms with van der Waals surface area (Å²) in [6.45, 7) is 5.07. The Kier molecular flexibility index (Phi) is 5.09. The Hall–Kier alpha value is -1.57. The molecule has 136 valence electrons. The van der Waals surface area contributed by atoms with Gasteiger partial charge in [-0.15, -0.1) is 12.4 Å². The first-order chi connectivity index (χ1) is 11.5. The SMILES string of the molecule is Cl.FC(F)(F)c1ccc(-c2[nH]ncc2CN2C[C@H]3CNC[C@H]3C2)cc1. The molecule has 1 aromatic carbocycles.